The van der Waals surface area contributed by atoms with Gasteiger partial charge in [0, 0.05) is 25.5 Å². The van der Waals surface area contributed by atoms with Gasteiger partial charge in [0.05, 0.1) is 44.3 Å². The largest absolute Gasteiger partial charge is 0.338 e. The number of imidazole rings is 2. The van der Waals surface area contributed by atoms with Gasteiger partial charge in [0.25, 0.3) is 11.1 Å². The van der Waals surface area contributed by atoms with Crippen LogP contribution in [0.5, 0.6) is 0 Å². The number of aromatic nitrogens is 4. The molecule has 0 spiro atoms. The van der Waals surface area contributed by atoms with E-state index in [2.05, 4.69) is 32.1 Å². The minimum Gasteiger partial charge on any atom is -0.338 e. The fourth-order valence-electron chi connectivity index (χ4n) is 5.76. The second-order valence-electron chi connectivity index (χ2n) is 10.8. The quantitative estimate of drug-likeness (QED) is 0.175. The van der Waals surface area contributed by atoms with Crippen LogP contribution >= 0.6 is 0 Å². The predicted molar refractivity (Wildman–Crippen MR) is 173 cm³/mol. The summed E-state index contributed by atoms with van der Waals surface area (Å²) in [5.41, 5.74) is 6.61. The van der Waals surface area contributed by atoms with E-state index < -0.39 is 0 Å². The number of aromatic amines is 2. The normalized spacial score (nSPS) is 11.9. The van der Waals surface area contributed by atoms with E-state index in [0.29, 0.717) is 57.8 Å². The number of rotatable bonds is 9. The summed E-state index contributed by atoms with van der Waals surface area (Å²) in [4.78, 5) is 42.1. The fraction of sp³-hybridized carbons (Fsp3) is 0.235. The van der Waals surface area contributed by atoms with E-state index in [1.54, 1.807) is 35.1 Å². The first-order valence-electron chi connectivity index (χ1n) is 14.6. The number of fused-ring (bicyclic) bond motifs is 6. The maximum Gasteiger partial charge on any atom is 0.265 e. The van der Waals surface area contributed by atoms with Crippen molar-refractivity contribution in [3.05, 3.63) is 103 Å². The van der Waals surface area contributed by atoms with Gasteiger partial charge in [-0.05, 0) is 62.1 Å². The monoisotopic (exact) mass is 582 g/mol. The van der Waals surface area contributed by atoms with Gasteiger partial charge < -0.3 is 9.97 Å². The maximum atomic E-state index is 13.3. The minimum absolute atomic E-state index is 0.198. The topological polar surface area (TPSA) is 147 Å². The zero-order valence-corrected chi connectivity index (χ0v) is 24.5. The Labute approximate surface area is 252 Å². The van der Waals surface area contributed by atoms with Crippen molar-refractivity contribution < 1.29 is 0 Å². The number of para-hydroxylation sites is 4. The third-order valence-corrected chi connectivity index (χ3v) is 8.13. The van der Waals surface area contributed by atoms with Crippen molar-refractivity contribution >= 4 is 45.8 Å². The lowest BCUT2D eigenvalue weighted by molar-refractivity contribution is 0.655. The SMILES string of the molecule is Cc1c(C=NCCCCCCN=Cc2c(C)c(C#N)c3[nH]c4ccccc4n3c2=O)c(=O)n2c([nH]c3ccccc32)c1C#N. The average molecular weight is 583 g/mol. The van der Waals surface area contributed by atoms with Gasteiger partial charge in [-0.2, -0.15) is 10.5 Å². The lowest BCUT2D eigenvalue weighted by Gasteiger charge is -2.06. The molecule has 0 saturated heterocycles. The number of hydrogen-bond acceptors (Lipinski definition) is 6. The van der Waals surface area contributed by atoms with Crippen molar-refractivity contribution in [2.24, 2.45) is 9.98 Å². The molecule has 4 aromatic heterocycles. The van der Waals surface area contributed by atoms with E-state index in [0.717, 1.165) is 47.8 Å². The molecular weight excluding hydrogens is 552 g/mol. The Morgan fingerprint density at radius 2 is 1.09 bits per heavy atom. The first-order valence-corrected chi connectivity index (χ1v) is 14.6. The molecule has 6 aromatic rings. The molecule has 0 atom stereocenters. The van der Waals surface area contributed by atoms with Crippen molar-refractivity contribution in [1.29, 1.82) is 10.5 Å². The lowest BCUT2D eigenvalue weighted by Crippen LogP contribution is -2.20. The maximum absolute atomic E-state index is 13.3. The summed E-state index contributed by atoms with van der Waals surface area (Å²) >= 11 is 0. The number of aliphatic imine (C=N–C) groups is 2. The van der Waals surface area contributed by atoms with E-state index in [4.69, 9.17) is 0 Å². The summed E-state index contributed by atoms with van der Waals surface area (Å²) in [6.45, 7) is 4.70. The predicted octanol–water partition coefficient (Wildman–Crippen LogP) is 5.33. The van der Waals surface area contributed by atoms with Gasteiger partial charge in [0.1, 0.15) is 23.4 Å². The molecule has 10 heteroatoms. The van der Waals surface area contributed by atoms with Gasteiger partial charge in [-0.15, -0.1) is 0 Å². The van der Waals surface area contributed by atoms with Crippen molar-refractivity contribution in [3.63, 3.8) is 0 Å². The second kappa shape index (κ2) is 11.9. The Morgan fingerprint density at radius 1 is 0.682 bits per heavy atom. The van der Waals surface area contributed by atoms with Gasteiger partial charge in [-0.1, -0.05) is 37.1 Å². The second-order valence-corrected chi connectivity index (χ2v) is 10.8. The van der Waals surface area contributed by atoms with E-state index in [1.807, 2.05) is 48.5 Å². The van der Waals surface area contributed by atoms with E-state index in [1.165, 1.54) is 0 Å². The fourth-order valence-corrected chi connectivity index (χ4v) is 5.76. The smallest absolute Gasteiger partial charge is 0.265 e. The first-order chi connectivity index (χ1) is 21.5. The standard InChI is InChI=1S/C34H30N8O2/c1-21-23(17-35)31-39-27-11-5-7-13-29(27)41(31)33(43)25(21)19-37-15-9-3-4-10-16-38-20-26-22(2)24(18-36)32-40-28-12-6-8-14-30(28)42(32)34(26)44/h5-8,11-14,19-20,39-40H,3-4,9-10,15-16H2,1-2H3. The van der Waals surface area contributed by atoms with E-state index in [-0.39, 0.29) is 11.1 Å². The molecule has 0 aliphatic rings. The van der Waals surface area contributed by atoms with E-state index >= 15 is 0 Å². The first kappa shape index (κ1) is 28.4. The molecule has 218 valence electrons. The molecular formula is C34H30N8O2. The van der Waals surface area contributed by atoms with Crippen molar-refractivity contribution in [1.82, 2.24) is 18.8 Å². The molecule has 4 heterocycles. The van der Waals surface area contributed by atoms with Gasteiger partial charge in [-0.25, -0.2) is 0 Å². The highest BCUT2D eigenvalue weighted by molar-refractivity contribution is 5.89. The summed E-state index contributed by atoms with van der Waals surface area (Å²) in [6, 6.07) is 19.4. The Balaban J connectivity index is 1.07. The average Bonchev–Trinajstić information content (AvgIpc) is 3.60. The minimum atomic E-state index is -0.198. The van der Waals surface area contributed by atoms with Crippen LogP contribution < -0.4 is 11.1 Å². The number of nitrogens with one attached hydrogen (secondary N) is 2. The Bertz CT molecular complexity index is 2170. The Kier molecular flexibility index (Phi) is 7.65. The summed E-state index contributed by atoms with van der Waals surface area (Å²) in [5.74, 6) is 0. The molecule has 10 nitrogen and oxygen atoms in total. The van der Waals surface area contributed by atoms with Crippen LogP contribution in [-0.4, -0.2) is 44.3 Å². The van der Waals surface area contributed by atoms with Crippen LogP contribution in [0, 0.1) is 36.5 Å². The van der Waals surface area contributed by atoms with Crippen LogP contribution in [0.3, 0.4) is 0 Å². The molecule has 0 unspecified atom stereocenters. The highest BCUT2D eigenvalue weighted by Crippen LogP contribution is 2.22. The number of hydrogen-bond donors (Lipinski definition) is 2. The summed E-state index contributed by atoms with van der Waals surface area (Å²) < 4.78 is 3.11. The number of unbranched alkanes of at least 4 members (excludes halogenated alkanes) is 3. The highest BCUT2D eigenvalue weighted by Gasteiger charge is 2.18. The molecule has 0 saturated carbocycles. The molecule has 0 fully saturated rings. The summed E-state index contributed by atoms with van der Waals surface area (Å²) in [7, 11) is 0. The molecule has 6 rings (SSSR count). The highest BCUT2D eigenvalue weighted by atomic mass is 16.1. The van der Waals surface area contributed by atoms with Crippen LogP contribution in [-0.2, 0) is 0 Å². The van der Waals surface area contributed by atoms with Crippen molar-refractivity contribution in [2.45, 2.75) is 39.5 Å². The van der Waals surface area contributed by atoms with Gasteiger partial charge in [0.15, 0.2) is 0 Å². The van der Waals surface area contributed by atoms with Gasteiger partial charge >= 0.3 is 0 Å². The zero-order chi connectivity index (χ0) is 30.8. The number of pyridine rings is 2. The third kappa shape index (κ3) is 4.77. The number of nitriles is 2. The van der Waals surface area contributed by atoms with Crippen LogP contribution in [0.15, 0.2) is 68.1 Å². The third-order valence-electron chi connectivity index (χ3n) is 8.13. The molecule has 2 N–H and O–H groups in total. The molecule has 0 amide bonds. The summed E-state index contributed by atoms with van der Waals surface area (Å²) in [5, 5.41) is 19.6. The number of benzene rings is 2. The zero-order valence-electron chi connectivity index (χ0n) is 24.5. The molecule has 44 heavy (non-hydrogen) atoms. The Hall–Kier alpha value is -5.74. The molecule has 0 aliphatic heterocycles. The summed E-state index contributed by atoms with van der Waals surface area (Å²) in [6.07, 6.45) is 6.78. The van der Waals surface area contributed by atoms with Crippen LogP contribution in [0.1, 0.15) is 59.1 Å². The number of H-pyrrole nitrogens is 2. The molecule has 2 aromatic carbocycles. The number of nitrogens with zero attached hydrogens (tertiary/aromatic N) is 6. The van der Waals surface area contributed by atoms with Crippen LogP contribution in [0.2, 0.25) is 0 Å². The molecule has 0 aliphatic carbocycles. The van der Waals surface area contributed by atoms with Gasteiger partial charge in [0.2, 0.25) is 0 Å². The molecule has 0 radical (unpaired) electrons. The van der Waals surface area contributed by atoms with Gasteiger partial charge in [-0.3, -0.25) is 28.4 Å². The van der Waals surface area contributed by atoms with E-state index in [9.17, 15) is 20.1 Å². The van der Waals surface area contributed by atoms with Crippen LogP contribution in [0.25, 0.3) is 33.4 Å². The Morgan fingerprint density at radius 3 is 1.50 bits per heavy atom. The van der Waals surface area contributed by atoms with Crippen LogP contribution in [0.4, 0.5) is 0 Å². The van der Waals surface area contributed by atoms with Crippen molar-refractivity contribution in [2.75, 3.05) is 13.1 Å². The molecule has 0 bridgehead atoms. The lowest BCUT2D eigenvalue weighted by atomic mass is 10.1. The van der Waals surface area contributed by atoms with Crippen molar-refractivity contribution in [3.8, 4) is 12.1 Å².